The van der Waals surface area contributed by atoms with Gasteiger partial charge in [-0.25, -0.2) is 4.79 Å². The first-order valence-electron chi connectivity index (χ1n) is 5.25. The number of hydrogen-bond acceptors (Lipinski definition) is 3. The van der Waals surface area contributed by atoms with Crippen LogP contribution in [0.1, 0.15) is 19.1 Å². The average molecular weight is 220 g/mol. The predicted molar refractivity (Wildman–Crippen MR) is 63.8 cm³/mol. The van der Waals surface area contributed by atoms with Crippen LogP contribution in [0.5, 0.6) is 5.75 Å². The van der Waals surface area contributed by atoms with Crippen LogP contribution in [0, 0.1) is 6.92 Å². The van der Waals surface area contributed by atoms with E-state index in [4.69, 9.17) is 9.15 Å². The van der Waals surface area contributed by atoms with Gasteiger partial charge in [0.1, 0.15) is 11.5 Å². The smallest absolute Gasteiger partial charge is 0.339 e. The summed E-state index contributed by atoms with van der Waals surface area (Å²) in [6.45, 7) is 4.24. The third-order valence-electron chi connectivity index (χ3n) is 1.86. The topological polar surface area (TPSA) is 39.4 Å². The Hall–Kier alpha value is -1.77. The van der Waals surface area contributed by atoms with Crippen molar-refractivity contribution in [2.45, 2.75) is 20.3 Å². The predicted octanol–water partition coefficient (Wildman–Crippen LogP) is 2.85. The van der Waals surface area contributed by atoms with Gasteiger partial charge in [-0.05, 0) is 20.3 Å². The van der Waals surface area contributed by atoms with Crippen LogP contribution in [-0.2, 0) is 0 Å². The fourth-order valence-electron chi connectivity index (χ4n) is 1.19. The summed E-state index contributed by atoms with van der Waals surface area (Å²) < 4.78 is 10.2. The van der Waals surface area contributed by atoms with Crippen molar-refractivity contribution in [1.29, 1.82) is 0 Å². The lowest BCUT2D eigenvalue weighted by atomic mass is 10.3. The van der Waals surface area contributed by atoms with Crippen molar-refractivity contribution >= 4 is 0 Å². The molecule has 16 heavy (non-hydrogen) atoms. The van der Waals surface area contributed by atoms with E-state index in [9.17, 15) is 4.79 Å². The molecule has 1 heterocycles. The molecule has 0 fully saturated rings. The molecule has 1 aromatic heterocycles. The minimum Gasteiger partial charge on any atom is -0.493 e. The summed E-state index contributed by atoms with van der Waals surface area (Å²) in [5.41, 5.74) is -0.376. The van der Waals surface area contributed by atoms with E-state index in [0.717, 1.165) is 6.42 Å². The van der Waals surface area contributed by atoms with E-state index in [2.05, 4.69) is 0 Å². The van der Waals surface area contributed by atoms with Gasteiger partial charge in [0.05, 0.1) is 12.7 Å². The van der Waals surface area contributed by atoms with Crippen molar-refractivity contribution in [2.75, 3.05) is 6.61 Å². The zero-order valence-corrected chi connectivity index (χ0v) is 9.60. The highest BCUT2D eigenvalue weighted by Gasteiger charge is 1.97. The first kappa shape index (κ1) is 12.3. The Labute approximate surface area is 95.1 Å². The molecule has 0 aliphatic heterocycles. The maximum absolute atomic E-state index is 11.0. The SMILES string of the molecule is C/C=C/C=C/CCOc1cc(C)oc(=O)c1. The van der Waals surface area contributed by atoms with Crippen LogP contribution >= 0.6 is 0 Å². The largest absolute Gasteiger partial charge is 0.493 e. The minimum atomic E-state index is -0.376. The standard InChI is InChI=1S/C13H16O3/c1-3-4-5-6-7-8-15-12-9-11(2)16-13(14)10-12/h3-6,9-10H,7-8H2,1-2H3/b4-3+,6-5+. The summed E-state index contributed by atoms with van der Waals surface area (Å²) in [5.74, 6) is 1.13. The van der Waals surface area contributed by atoms with Gasteiger partial charge in [0.25, 0.3) is 0 Å². The van der Waals surface area contributed by atoms with Crippen LogP contribution < -0.4 is 10.4 Å². The molecular formula is C13H16O3. The fourth-order valence-corrected chi connectivity index (χ4v) is 1.19. The van der Waals surface area contributed by atoms with Crippen molar-refractivity contribution in [3.05, 3.63) is 52.6 Å². The molecule has 3 heteroatoms. The zero-order chi connectivity index (χ0) is 11.8. The van der Waals surface area contributed by atoms with Gasteiger partial charge in [-0.15, -0.1) is 0 Å². The van der Waals surface area contributed by atoms with Gasteiger partial charge >= 0.3 is 5.63 Å². The Morgan fingerprint density at radius 3 is 2.88 bits per heavy atom. The monoisotopic (exact) mass is 220 g/mol. The number of allylic oxidation sites excluding steroid dienone is 3. The quantitative estimate of drug-likeness (QED) is 0.565. The molecule has 86 valence electrons. The van der Waals surface area contributed by atoms with Gasteiger partial charge in [0, 0.05) is 6.07 Å². The van der Waals surface area contributed by atoms with Gasteiger partial charge < -0.3 is 9.15 Å². The molecule has 0 saturated heterocycles. The van der Waals surface area contributed by atoms with Crippen molar-refractivity contribution in [3.8, 4) is 5.75 Å². The number of rotatable bonds is 5. The van der Waals surface area contributed by atoms with Crippen molar-refractivity contribution < 1.29 is 9.15 Å². The highest BCUT2D eigenvalue weighted by Crippen LogP contribution is 2.09. The van der Waals surface area contributed by atoms with Crippen molar-refractivity contribution in [3.63, 3.8) is 0 Å². The average Bonchev–Trinajstić information content (AvgIpc) is 2.22. The summed E-state index contributed by atoms with van der Waals surface area (Å²) in [4.78, 5) is 11.0. The van der Waals surface area contributed by atoms with E-state index in [1.165, 1.54) is 6.07 Å². The lowest BCUT2D eigenvalue weighted by molar-refractivity contribution is 0.318. The van der Waals surface area contributed by atoms with Crippen molar-refractivity contribution in [1.82, 2.24) is 0 Å². The molecule has 0 unspecified atom stereocenters. The van der Waals surface area contributed by atoms with Gasteiger partial charge in [-0.2, -0.15) is 0 Å². The molecule has 0 aromatic carbocycles. The van der Waals surface area contributed by atoms with Crippen LogP contribution in [0.4, 0.5) is 0 Å². The Kier molecular flexibility index (Phi) is 5.12. The molecule has 0 N–H and O–H groups in total. The van der Waals surface area contributed by atoms with Gasteiger partial charge in [-0.3, -0.25) is 0 Å². The Morgan fingerprint density at radius 1 is 1.38 bits per heavy atom. The van der Waals surface area contributed by atoms with E-state index in [1.54, 1.807) is 13.0 Å². The molecular weight excluding hydrogens is 204 g/mol. The Bertz CT molecular complexity index is 427. The Morgan fingerprint density at radius 2 is 2.19 bits per heavy atom. The van der Waals surface area contributed by atoms with E-state index < -0.39 is 0 Å². The normalized spacial score (nSPS) is 11.4. The third kappa shape index (κ3) is 4.64. The van der Waals surface area contributed by atoms with Crippen LogP contribution in [0.2, 0.25) is 0 Å². The first-order chi connectivity index (χ1) is 7.72. The lowest BCUT2D eigenvalue weighted by Gasteiger charge is -2.03. The number of hydrogen-bond donors (Lipinski definition) is 0. The third-order valence-corrected chi connectivity index (χ3v) is 1.86. The number of aryl methyl sites for hydroxylation is 1. The molecule has 0 spiro atoms. The molecule has 1 aromatic rings. The maximum atomic E-state index is 11.0. The maximum Gasteiger partial charge on any atom is 0.339 e. The number of ether oxygens (including phenoxy) is 1. The molecule has 0 saturated carbocycles. The van der Waals surface area contributed by atoms with Crippen LogP contribution in [0.3, 0.4) is 0 Å². The molecule has 0 aliphatic rings. The van der Waals surface area contributed by atoms with Gasteiger partial charge in [0.15, 0.2) is 0 Å². The molecule has 3 nitrogen and oxygen atoms in total. The molecule has 0 atom stereocenters. The highest BCUT2D eigenvalue weighted by atomic mass is 16.5. The fraction of sp³-hybridized carbons (Fsp3) is 0.308. The zero-order valence-electron chi connectivity index (χ0n) is 9.60. The summed E-state index contributed by atoms with van der Waals surface area (Å²) in [7, 11) is 0. The second-order valence-electron chi connectivity index (χ2n) is 3.31. The first-order valence-corrected chi connectivity index (χ1v) is 5.25. The molecule has 0 aliphatic carbocycles. The lowest BCUT2D eigenvalue weighted by Crippen LogP contribution is -2.02. The summed E-state index contributed by atoms with van der Waals surface area (Å²) >= 11 is 0. The van der Waals surface area contributed by atoms with E-state index in [0.29, 0.717) is 18.1 Å². The Balaban J connectivity index is 2.40. The molecule has 0 amide bonds. The van der Waals surface area contributed by atoms with Gasteiger partial charge in [-0.1, -0.05) is 24.3 Å². The molecule has 0 radical (unpaired) electrons. The van der Waals surface area contributed by atoms with E-state index in [-0.39, 0.29) is 5.63 Å². The second-order valence-corrected chi connectivity index (χ2v) is 3.31. The van der Waals surface area contributed by atoms with Crippen LogP contribution in [-0.4, -0.2) is 6.61 Å². The van der Waals surface area contributed by atoms with E-state index in [1.807, 2.05) is 31.2 Å². The van der Waals surface area contributed by atoms with Crippen LogP contribution in [0.15, 0.2) is 45.6 Å². The summed E-state index contributed by atoms with van der Waals surface area (Å²) in [6, 6.07) is 3.06. The second kappa shape index (κ2) is 6.67. The van der Waals surface area contributed by atoms with Crippen molar-refractivity contribution in [2.24, 2.45) is 0 Å². The van der Waals surface area contributed by atoms with Gasteiger partial charge in [0.2, 0.25) is 0 Å². The summed E-state index contributed by atoms with van der Waals surface area (Å²) in [6.07, 6.45) is 8.71. The van der Waals surface area contributed by atoms with Crippen LogP contribution in [0.25, 0.3) is 0 Å². The highest BCUT2D eigenvalue weighted by molar-refractivity contribution is 5.19. The molecule has 0 bridgehead atoms. The minimum absolute atomic E-state index is 0.376. The molecule has 1 rings (SSSR count). The van der Waals surface area contributed by atoms with E-state index >= 15 is 0 Å². The summed E-state index contributed by atoms with van der Waals surface area (Å²) in [5, 5.41) is 0.